The molecule has 0 spiro atoms. The first kappa shape index (κ1) is 32.2. The molecule has 0 aliphatic carbocycles. The van der Waals surface area contributed by atoms with Gasteiger partial charge in [0, 0.05) is 0 Å². The van der Waals surface area contributed by atoms with Crippen molar-refractivity contribution in [2.24, 2.45) is 0 Å². The van der Waals surface area contributed by atoms with Gasteiger partial charge in [-0.05, 0) is 0 Å². The molecule has 0 unspecified atom stereocenters. The monoisotopic (exact) mass is 656 g/mol. The van der Waals surface area contributed by atoms with Crippen LogP contribution in [0.4, 0.5) is 0 Å². The van der Waals surface area contributed by atoms with Gasteiger partial charge >= 0.3 is 236 Å². The van der Waals surface area contributed by atoms with E-state index in [1.54, 1.807) is 24.3 Å². The third-order valence-electron chi connectivity index (χ3n) is 6.23. The Morgan fingerprint density at radius 1 is 0.564 bits per heavy atom. The van der Waals surface area contributed by atoms with Gasteiger partial charge in [-0.3, -0.25) is 0 Å². The molecule has 2 rings (SSSR count). The van der Waals surface area contributed by atoms with Crippen molar-refractivity contribution in [3.05, 3.63) is 35.4 Å². The zero-order chi connectivity index (χ0) is 29.0. The summed E-state index contributed by atoms with van der Waals surface area (Å²) in [5.41, 5.74) is 0.313. The Morgan fingerprint density at radius 2 is 0.923 bits per heavy atom. The molecule has 0 fully saturated rings. The van der Waals surface area contributed by atoms with Crippen LogP contribution in [0.25, 0.3) is 0 Å². The first-order valence-electron chi connectivity index (χ1n) is 12.8. The minimum absolute atomic E-state index is 0.156. The van der Waals surface area contributed by atoms with Gasteiger partial charge in [0.15, 0.2) is 0 Å². The second-order valence-electron chi connectivity index (χ2n) is 8.66. The fourth-order valence-corrected chi connectivity index (χ4v) is 13.9. The van der Waals surface area contributed by atoms with Gasteiger partial charge in [0.1, 0.15) is 0 Å². The number of hydrogen-bond acceptors (Lipinski definition) is 10. The van der Waals surface area contributed by atoms with Crippen molar-refractivity contribution in [2.45, 2.75) is 48.4 Å². The second-order valence-corrected chi connectivity index (χ2v) is 17.9. The van der Waals surface area contributed by atoms with E-state index < -0.39 is 31.1 Å². The van der Waals surface area contributed by atoms with Gasteiger partial charge in [0.2, 0.25) is 0 Å². The zero-order valence-corrected chi connectivity index (χ0v) is 27.0. The Labute approximate surface area is 235 Å². The van der Waals surface area contributed by atoms with Gasteiger partial charge < -0.3 is 0 Å². The van der Waals surface area contributed by atoms with Gasteiger partial charge in [-0.15, -0.1) is 0 Å². The van der Waals surface area contributed by atoms with E-state index in [2.05, 4.69) is 0 Å². The van der Waals surface area contributed by atoms with Gasteiger partial charge in [0.05, 0.1) is 0 Å². The number of benzene rings is 2. The average molecular weight is 655 g/mol. The molecule has 0 aliphatic rings. The number of rotatable bonds is 16. The molecule has 10 nitrogen and oxygen atoms in total. The normalized spacial score (nSPS) is 10.9. The summed E-state index contributed by atoms with van der Waals surface area (Å²) in [4.78, 5) is 27.3. The van der Waals surface area contributed by atoms with Crippen LogP contribution in [0.2, 0.25) is 8.87 Å². The van der Waals surface area contributed by atoms with Crippen LogP contribution in [-0.4, -0.2) is 73.8 Å². The van der Waals surface area contributed by atoms with E-state index >= 15 is 0 Å². The fraction of sp³-hybridized carbons (Fsp3) is 0.500. The molecule has 2 aromatic rings. The molecular weight excluding hydrogens is 615 g/mol. The molecule has 0 saturated carbocycles. The number of carbonyl (C=O) groups is 2. The molecule has 11 heteroatoms. The third kappa shape index (κ3) is 7.55. The van der Waals surface area contributed by atoms with Crippen molar-refractivity contribution < 1.29 is 44.2 Å². The molecule has 216 valence electrons. The van der Waals surface area contributed by atoms with Crippen molar-refractivity contribution >= 4 is 31.1 Å². The standard InChI is InChI=1S/2C10H12O5.2C4H9.Sn/c2*1-13-7-5-4-6(10(11)12)8(14-2)9(7)15-3;2*1-3-4-2;/h2*4-5H,1-3H3,(H,11,12);2*1,3-4H2,2H3;/q;;;;+2/p-2. The predicted octanol–water partition coefficient (Wildman–Crippen LogP) is 5.79. The number of carbonyl (C=O) groups excluding carboxylic acids is 2. The van der Waals surface area contributed by atoms with Crippen LogP contribution in [0.5, 0.6) is 34.5 Å². The Balaban J connectivity index is 2.57. The molecular formula is C28H40O10Sn. The van der Waals surface area contributed by atoms with E-state index in [0.717, 1.165) is 25.7 Å². The van der Waals surface area contributed by atoms with E-state index in [0.29, 0.717) is 20.4 Å². The molecule has 0 radical (unpaired) electrons. The first-order chi connectivity index (χ1) is 18.8. The Bertz CT molecular complexity index is 1030. The zero-order valence-electron chi connectivity index (χ0n) is 24.1. The van der Waals surface area contributed by atoms with Crippen LogP contribution in [-0.2, 0) is 6.15 Å². The fourth-order valence-electron chi connectivity index (χ4n) is 4.21. The number of unbranched alkanes of at least 4 members (excludes halogenated alkanes) is 2. The minimum atomic E-state index is -4.43. The Hall–Kier alpha value is -3.02. The quantitative estimate of drug-likeness (QED) is 0.206. The molecule has 0 N–H and O–H groups in total. The summed E-state index contributed by atoms with van der Waals surface area (Å²) in [5, 5.41) is 0. The summed E-state index contributed by atoms with van der Waals surface area (Å²) in [6.07, 6.45) is 3.18. The summed E-state index contributed by atoms with van der Waals surface area (Å²) < 4.78 is 46.1. The SMILES string of the molecule is CCC[CH2][Sn]([CH2]CCC)([O]C(=O)c1ccc(OC)c(OC)c1OC)[O]C(=O)c1ccc(OC)c(OC)c1OC. The van der Waals surface area contributed by atoms with Crippen molar-refractivity contribution in [1.82, 2.24) is 0 Å². The average Bonchev–Trinajstić information content (AvgIpc) is 2.96. The van der Waals surface area contributed by atoms with Gasteiger partial charge in [-0.25, -0.2) is 0 Å². The van der Waals surface area contributed by atoms with E-state index in [-0.39, 0.29) is 34.1 Å². The van der Waals surface area contributed by atoms with Crippen molar-refractivity contribution in [3.63, 3.8) is 0 Å². The molecule has 39 heavy (non-hydrogen) atoms. The van der Waals surface area contributed by atoms with Crippen LogP contribution in [0.1, 0.15) is 60.2 Å². The van der Waals surface area contributed by atoms with E-state index in [1.807, 2.05) is 13.8 Å². The van der Waals surface area contributed by atoms with Gasteiger partial charge in [-0.1, -0.05) is 0 Å². The maximum absolute atomic E-state index is 13.7. The van der Waals surface area contributed by atoms with Crippen LogP contribution in [0.3, 0.4) is 0 Å². The summed E-state index contributed by atoms with van der Waals surface area (Å²) >= 11 is -4.43. The van der Waals surface area contributed by atoms with E-state index in [9.17, 15) is 9.59 Å². The molecule has 0 saturated heterocycles. The number of ether oxygens (including phenoxy) is 6. The molecule has 0 heterocycles. The molecule has 2 aromatic carbocycles. The van der Waals surface area contributed by atoms with Crippen molar-refractivity contribution in [1.29, 1.82) is 0 Å². The molecule has 0 aromatic heterocycles. The van der Waals surface area contributed by atoms with Crippen molar-refractivity contribution in [2.75, 3.05) is 42.7 Å². The van der Waals surface area contributed by atoms with Crippen LogP contribution < -0.4 is 28.4 Å². The Kier molecular flexibility index (Phi) is 12.8. The number of hydrogen-bond donors (Lipinski definition) is 0. The summed E-state index contributed by atoms with van der Waals surface area (Å²) in [6.45, 7) is 4.07. The van der Waals surface area contributed by atoms with Crippen molar-refractivity contribution in [3.8, 4) is 34.5 Å². The predicted molar refractivity (Wildman–Crippen MR) is 148 cm³/mol. The van der Waals surface area contributed by atoms with E-state index in [1.165, 1.54) is 42.7 Å². The van der Waals surface area contributed by atoms with Crippen LogP contribution >= 0.6 is 0 Å². The van der Waals surface area contributed by atoms with E-state index in [4.69, 9.17) is 34.6 Å². The van der Waals surface area contributed by atoms with Crippen LogP contribution in [0.15, 0.2) is 24.3 Å². The molecule has 0 amide bonds. The van der Waals surface area contributed by atoms with Gasteiger partial charge in [0.25, 0.3) is 0 Å². The molecule has 0 atom stereocenters. The summed E-state index contributed by atoms with van der Waals surface area (Å²) in [6, 6.07) is 6.32. The van der Waals surface area contributed by atoms with Gasteiger partial charge in [-0.2, -0.15) is 0 Å². The first-order valence-corrected chi connectivity index (χ1v) is 19.2. The summed E-state index contributed by atoms with van der Waals surface area (Å²) in [5.74, 6) is 0.440. The maximum atomic E-state index is 13.7. The molecule has 0 aliphatic heterocycles. The summed E-state index contributed by atoms with van der Waals surface area (Å²) in [7, 11) is 8.77. The topological polar surface area (TPSA) is 108 Å². The number of methoxy groups -OCH3 is 6. The third-order valence-corrected chi connectivity index (χ3v) is 15.8. The van der Waals surface area contributed by atoms with Crippen LogP contribution in [0, 0.1) is 0 Å². The second kappa shape index (κ2) is 15.5. The molecule has 0 bridgehead atoms. The Morgan fingerprint density at radius 3 is 1.21 bits per heavy atom.